The molecule has 0 bridgehead atoms. The van der Waals surface area contributed by atoms with Gasteiger partial charge >= 0.3 is 0 Å². The van der Waals surface area contributed by atoms with Gasteiger partial charge in [-0.15, -0.1) is 0 Å². The number of amides is 1. The van der Waals surface area contributed by atoms with E-state index in [1.165, 1.54) is 25.3 Å². The monoisotopic (exact) mass is 433 g/mol. The highest BCUT2D eigenvalue weighted by Gasteiger charge is 2.26. The van der Waals surface area contributed by atoms with Gasteiger partial charge in [0, 0.05) is 12.6 Å². The molecule has 1 aliphatic rings. The van der Waals surface area contributed by atoms with Gasteiger partial charge in [0.25, 0.3) is 5.91 Å². The second-order valence-corrected chi connectivity index (χ2v) is 8.88. The number of carbonyl (C=O) groups excluding carboxylic acids is 1. The van der Waals surface area contributed by atoms with Gasteiger partial charge < -0.3 is 15.2 Å². The molecule has 1 fully saturated rings. The highest BCUT2D eigenvalue weighted by molar-refractivity contribution is 7.89. The molecule has 162 valence electrons. The summed E-state index contributed by atoms with van der Waals surface area (Å²) in [6, 6.07) is 11.6. The fraction of sp³-hybridized carbons (Fsp3) is 0.381. The Morgan fingerprint density at radius 1 is 1.10 bits per heavy atom. The predicted octanol–water partition coefficient (Wildman–Crippen LogP) is 1.92. The molecule has 8 nitrogen and oxygen atoms in total. The van der Waals surface area contributed by atoms with Crippen LogP contribution in [0.4, 0.5) is 0 Å². The first-order valence-corrected chi connectivity index (χ1v) is 11.2. The molecular formula is C21H27N3O5S. The number of nitrogens with zero attached hydrogens (tertiary/aromatic N) is 1. The van der Waals surface area contributed by atoms with Gasteiger partial charge in [-0.3, -0.25) is 9.69 Å². The molecule has 1 aliphatic heterocycles. The Bertz CT molecular complexity index is 986. The summed E-state index contributed by atoms with van der Waals surface area (Å²) in [7, 11) is -0.851. The van der Waals surface area contributed by atoms with Gasteiger partial charge in [0.1, 0.15) is 11.5 Å². The molecule has 2 aromatic carbocycles. The van der Waals surface area contributed by atoms with Crippen LogP contribution in [0.1, 0.15) is 34.8 Å². The number of likely N-dealkylation sites (tertiary alicyclic amines) is 1. The largest absolute Gasteiger partial charge is 0.497 e. The Hall–Kier alpha value is -2.62. The second kappa shape index (κ2) is 9.46. The summed E-state index contributed by atoms with van der Waals surface area (Å²) in [6.45, 7) is 2.02. The third kappa shape index (κ3) is 4.92. The fourth-order valence-electron chi connectivity index (χ4n) is 3.66. The first kappa shape index (κ1) is 22.1. The average molecular weight is 434 g/mol. The van der Waals surface area contributed by atoms with Crippen LogP contribution in [0.3, 0.4) is 0 Å². The molecular weight excluding hydrogens is 406 g/mol. The molecule has 1 saturated heterocycles. The first-order valence-electron chi connectivity index (χ1n) is 9.71. The molecule has 1 amide bonds. The Morgan fingerprint density at radius 3 is 2.33 bits per heavy atom. The smallest absolute Gasteiger partial charge is 0.252 e. The topological polar surface area (TPSA) is 111 Å². The van der Waals surface area contributed by atoms with Crippen LogP contribution in [-0.2, 0) is 10.0 Å². The molecule has 1 atom stereocenters. The maximum absolute atomic E-state index is 12.9. The summed E-state index contributed by atoms with van der Waals surface area (Å²) >= 11 is 0. The molecule has 30 heavy (non-hydrogen) atoms. The van der Waals surface area contributed by atoms with Crippen molar-refractivity contribution < 1.29 is 22.7 Å². The van der Waals surface area contributed by atoms with Gasteiger partial charge in [-0.1, -0.05) is 12.1 Å². The van der Waals surface area contributed by atoms with Crippen molar-refractivity contribution in [2.75, 3.05) is 33.9 Å². The van der Waals surface area contributed by atoms with E-state index < -0.39 is 15.9 Å². The zero-order chi connectivity index (χ0) is 21.7. The van der Waals surface area contributed by atoms with Crippen molar-refractivity contribution in [1.82, 2.24) is 9.62 Å². The van der Waals surface area contributed by atoms with Crippen LogP contribution in [0.2, 0.25) is 0 Å². The van der Waals surface area contributed by atoms with Crippen molar-refractivity contribution in [2.24, 2.45) is 5.73 Å². The number of nitrogens with two attached hydrogens (primary N) is 1. The van der Waals surface area contributed by atoms with Crippen molar-refractivity contribution >= 4 is 15.9 Å². The molecule has 1 heterocycles. The van der Waals surface area contributed by atoms with E-state index in [9.17, 15) is 13.2 Å². The number of sulfonamides is 1. The minimum atomic E-state index is -3.85. The lowest BCUT2D eigenvalue weighted by Crippen LogP contribution is -2.36. The summed E-state index contributed by atoms with van der Waals surface area (Å²) < 4.78 is 38.8. The Labute approximate surface area is 177 Å². The molecule has 0 spiro atoms. The normalized spacial score (nSPS) is 15.7. The number of rotatable bonds is 9. The minimum Gasteiger partial charge on any atom is -0.497 e. The van der Waals surface area contributed by atoms with Crippen molar-refractivity contribution in [2.45, 2.75) is 23.8 Å². The Morgan fingerprint density at radius 2 is 1.77 bits per heavy atom. The van der Waals surface area contributed by atoms with E-state index in [0.29, 0.717) is 0 Å². The standard InChI is InChI=1S/C21H27N3O5S/c1-28-16-7-5-15(6-8-16)19(24-11-3-4-12-24)14-23-30(26,27)17-9-10-20(29-2)18(13-17)21(22)25/h5-10,13,19,23H,3-4,11-12,14H2,1-2H3,(H2,22,25). The molecule has 3 rings (SSSR count). The van der Waals surface area contributed by atoms with Crippen LogP contribution in [0.15, 0.2) is 47.4 Å². The molecule has 1 unspecified atom stereocenters. The van der Waals surface area contributed by atoms with E-state index in [2.05, 4.69) is 9.62 Å². The van der Waals surface area contributed by atoms with Crippen molar-refractivity contribution in [1.29, 1.82) is 0 Å². The van der Waals surface area contributed by atoms with Crippen LogP contribution in [-0.4, -0.2) is 53.1 Å². The third-order valence-corrected chi connectivity index (χ3v) is 6.72. The van der Waals surface area contributed by atoms with Crippen molar-refractivity contribution in [3.8, 4) is 11.5 Å². The minimum absolute atomic E-state index is 0.0200. The SMILES string of the molecule is COc1ccc(C(CNS(=O)(=O)c2ccc(OC)c(C(N)=O)c2)N2CCCC2)cc1. The van der Waals surface area contributed by atoms with Crippen molar-refractivity contribution in [3.63, 3.8) is 0 Å². The maximum atomic E-state index is 12.9. The summed E-state index contributed by atoms with van der Waals surface area (Å²) in [4.78, 5) is 13.9. The number of primary amides is 1. The first-order chi connectivity index (χ1) is 14.4. The van der Waals surface area contributed by atoms with Gasteiger partial charge in [0.2, 0.25) is 10.0 Å². The molecule has 0 aromatic heterocycles. The quantitative estimate of drug-likeness (QED) is 0.625. The van der Waals surface area contributed by atoms with E-state index in [1.54, 1.807) is 7.11 Å². The number of methoxy groups -OCH3 is 2. The third-order valence-electron chi connectivity index (χ3n) is 5.30. The number of nitrogens with one attached hydrogen (secondary N) is 1. The van der Waals surface area contributed by atoms with E-state index in [-0.39, 0.29) is 28.8 Å². The highest BCUT2D eigenvalue weighted by atomic mass is 32.2. The summed E-state index contributed by atoms with van der Waals surface area (Å²) in [6.07, 6.45) is 2.17. The Balaban J connectivity index is 1.83. The van der Waals surface area contributed by atoms with Crippen molar-refractivity contribution in [3.05, 3.63) is 53.6 Å². The second-order valence-electron chi connectivity index (χ2n) is 7.11. The van der Waals surface area contributed by atoms with Gasteiger partial charge in [0.05, 0.1) is 24.7 Å². The van der Waals surface area contributed by atoms with Gasteiger partial charge in [-0.05, 0) is 61.8 Å². The van der Waals surface area contributed by atoms with E-state index in [0.717, 1.165) is 37.2 Å². The summed E-state index contributed by atoms with van der Waals surface area (Å²) in [5.41, 5.74) is 6.38. The maximum Gasteiger partial charge on any atom is 0.252 e. The van der Waals surface area contributed by atoms with Crippen LogP contribution in [0.25, 0.3) is 0 Å². The fourth-order valence-corrected chi connectivity index (χ4v) is 4.72. The average Bonchev–Trinajstić information content (AvgIpc) is 3.28. The predicted molar refractivity (Wildman–Crippen MR) is 113 cm³/mol. The Kier molecular flexibility index (Phi) is 6.96. The molecule has 0 radical (unpaired) electrons. The van der Waals surface area contributed by atoms with Crippen LogP contribution < -0.4 is 19.9 Å². The van der Waals surface area contributed by atoms with Gasteiger partial charge in [-0.2, -0.15) is 0 Å². The molecule has 0 saturated carbocycles. The van der Waals surface area contributed by atoms with Crippen LogP contribution >= 0.6 is 0 Å². The number of hydrogen-bond donors (Lipinski definition) is 2. The molecule has 3 N–H and O–H groups in total. The van der Waals surface area contributed by atoms with Crippen LogP contribution in [0, 0.1) is 0 Å². The van der Waals surface area contributed by atoms with Gasteiger partial charge in [0.15, 0.2) is 0 Å². The van der Waals surface area contributed by atoms with Crippen LogP contribution in [0.5, 0.6) is 11.5 Å². The lowest BCUT2D eigenvalue weighted by molar-refractivity contribution is 0.0997. The number of carbonyl (C=O) groups is 1. The number of benzene rings is 2. The lowest BCUT2D eigenvalue weighted by atomic mass is 10.1. The molecule has 9 heteroatoms. The number of ether oxygens (including phenoxy) is 2. The summed E-state index contributed by atoms with van der Waals surface area (Å²) in [5.74, 6) is 0.225. The van der Waals surface area contributed by atoms with E-state index >= 15 is 0 Å². The molecule has 0 aliphatic carbocycles. The van der Waals surface area contributed by atoms with E-state index in [4.69, 9.17) is 15.2 Å². The molecule has 2 aromatic rings. The highest BCUT2D eigenvalue weighted by Crippen LogP contribution is 2.27. The lowest BCUT2D eigenvalue weighted by Gasteiger charge is -2.28. The zero-order valence-corrected chi connectivity index (χ0v) is 17.9. The summed E-state index contributed by atoms with van der Waals surface area (Å²) in [5, 5.41) is 0. The zero-order valence-electron chi connectivity index (χ0n) is 17.1. The van der Waals surface area contributed by atoms with E-state index in [1.807, 2.05) is 24.3 Å². The van der Waals surface area contributed by atoms with Gasteiger partial charge in [-0.25, -0.2) is 13.1 Å². The number of hydrogen-bond acceptors (Lipinski definition) is 6.